The lowest BCUT2D eigenvalue weighted by Crippen LogP contribution is -2.46. The summed E-state index contributed by atoms with van der Waals surface area (Å²) in [5, 5.41) is 1.63. The highest BCUT2D eigenvalue weighted by atomic mass is 35.5. The van der Waals surface area contributed by atoms with Crippen LogP contribution in [0.3, 0.4) is 0 Å². The molecule has 188 valence electrons. The van der Waals surface area contributed by atoms with Gasteiger partial charge in [-0.2, -0.15) is 0 Å². The number of morpholine rings is 1. The molecule has 1 fully saturated rings. The van der Waals surface area contributed by atoms with Crippen LogP contribution in [0.15, 0.2) is 77.1 Å². The normalized spacial score (nSPS) is 15.0. The molecule has 4 rings (SSSR count). The first-order chi connectivity index (χ1) is 17.3. The van der Waals surface area contributed by atoms with Crippen LogP contribution in [0.5, 0.6) is 0 Å². The van der Waals surface area contributed by atoms with Crippen molar-refractivity contribution in [2.75, 3.05) is 31.3 Å². The first-order valence-corrected chi connectivity index (χ1v) is 12.0. The van der Waals surface area contributed by atoms with E-state index < -0.39 is 6.04 Å². The molecule has 1 aliphatic heterocycles. The molecular weight excluding hydrogens is 503 g/mol. The third-order valence-corrected chi connectivity index (χ3v) is 6.16. The number of nitrogens with two attached hydrogens (primary N) is 2. The van der Waals surface area contributed by atoms with Crippen LogP contribution in [-0.4, -0.2) is 46.7 Å². The molecule has 1 atom stereocenters. The molecule has 1 unspecified atom stereocenters. The minimum Gasteiger partial charge on any atom is -0.388 e. The van der Waals surface area contributed by atoms with E-state index >= 15 is 0 Å². The van der Waals surface area contributed by atoms with E-state index in [1.807, 2.05) is 30.3 Å². The van der Waals surface area contributed by atoms with E-state index in [1.165, 1.54) is 28.2 Å². The number of carbonyl (C=O) groups is 1. The first kappa shape index (κ1) is 25.7. The maximum atomic E-state index is 13.5. The average molecular weight is 529 g/mol. The van der Waals surface area contributed by atoms with Crippen LogP contribution in [0.1, 0.15) is 11.6 Å². The average Bonchev–Trinajstić information content (AvgIpc) is 2.87. The zero-order valence-corrected chi connectivity index (χ0v) is 20.9. The van der Waals surface area contributed by atoms with Gasteiger partial charge >= 0.3 is 0 Å². The van der Waals surface area contributed by atoms with Crippen molar-refractivity contribution in [2.24, 2.45) is 11.6 Å². The zero-order valence-electron chi connectivity index (χ0n) is 19.4. The SMILES string of the molecule is N/C(Cl)=C\N(N)c1ccc(Cl)cc1-c1cc(=O)n(C(Cc2ccccc2)C(=O)N2CCOCC2)cn1. The molecule has 36 heavy (non-hydrogen) atoms. The van der Waals surface area contributed by atoms with Crippen molar-refractivity contribution < 1.29 is 9.53 Å². The highest BCUT2D eigenvalue weighted by Crippen LogP contribution is 2.31. The molecule has 1 aromatic heterocycles. The zero-order chi connectivity index (χ0) is 25.7. The molecule has 4 N–H and O–H groups in total. The lowest BCUT2D eigenvalue weighted by atomic mass is 10.0. The summed E-state index contributed by atoms with van der Waals surface area (Å²) in [6.07, 6.45) is 3.06. The van der Waals surface area contributed by atoms with Gasteiger partial charge in [-0.05, 0) is 23.8 Å². The Kier molecular flexibility index (Phi) is 8.27. The number of benzene rings is 2. The third-order valence-electron chi connectivity index (χ3n) is 5.83. The molecule has 0 saturated carbocycles. The van der Waals surface area contributed by atoms with Crippen molar-refractivity contribution in [1.29, 1.82) is 0 Å². The van der Waals surface area contributed by atoms with Crippen LogP contribution in [-0.2, 0) is 16.0 Å². The topological polar surface area (TPSA) is 120 Å². The van der Waals surface area contributed by atoms with E-state index in [-0.39, 0.29) is 16.6 Å². The van der Waals surface area contributed by atoms with E-state index in [1.54, 1.807) is 23.1 Å². The summed E-state index contributed by atoms with van der Waals surface area (Å²) in [6.45, 7) is 1.87. The van der Waals surface area contributed by atoms with Gasteiger partial charge in [-0.25, -0.2) is 10.8 Å². The quantitative estimate of drug-likeness (QED) is 0.274. The second-order valence-corrected chi connectivity index (χ2v) is 9.12. The fraction of sp³-hybridized carbons (Fsp3) is 0.240. The van der Waals surface area contributed by atoms with Gasteiger partial charge in [0, 0.05) is 36.2 Å². The number of amides is 1. The van der Waals surface area contributed by atoms with E-state index in [4.69, 9.17) is 39.5 Å². The predicted octanol–water partition coefficient (Wildman–Crippen LogP) is 2.88. The smallest absolute Gasteiger partial charge is 0.254 e. The Morgan fingerprint density at radius 2 is 1.89 bits per heavy atom. The first-order valence-electron chi connectivity index (χ1n) is 11.3. The third kappa shape index (κ3) is 6.06. The molecule has 0 radical (unpaired) electrons. The number of ether oxygens (including phenoxy) is 1. The van der Waals surface area contributed by atoms with E-state index in [9.17, 15) is 9.59 Å². The second-order valence-electron chi connectivity index (χ2n) is 8.25. The second kappa shape index (κ2) is 11.6. The summed E-state index contributed by atoms with van der Waals surface area (Å²) in [5.74, 6) is 5.93. The monoisotopic (exact) mass is 528 g/mol. The van der Waals surface area contributed by atoms with Crippen molar-refractivity contribution in [3.05, 3.63) is 93.2 Å². The number of halogens is 2. The summed E-state index contributed by atoms with van der Waals surface area (Å²) in [4.78, 5) is 33.1. The molecule has 1 aliphatic rings. The maximum absolute atomic E-state index is 13.5. The number of rotatable bonds is 7. The van der Waals surface area contributed by atoms with Gasteiger partial charge in [-0.3, -0.25) is 19.2 Å². The van der Waals surface area contributed by atoms with Gasteiger partial charge in [0.05, 0.1) is 37.1 Å². The lowest BCUT2D eigenvalue weighted by molar-refractivity contribution is -0.139. The number of anilines is 1. The van der Waals surface area contributed by atoms with Gasteiger partial charge < -0.3 is 15.4 Å². The fourth-order valence-electron chi connectivity index (χ4n) is 4.07. The largest absolute Gasteiger partial charge is 0.388 e. The Balaban J connectivity index is 1.73. The molecular formula is C25H26Cl2N6O3. The highest BCUT2D eigenvalue weighted by molar-refractivity contribution is 6.31. The Hall–Kier alpha value is -3.37. The Bertz CT molecular complexity index is 1300. The van der Waals surface area contributed by atoms with E-state index in [2.05, 4.69) is 4.98 Å². The Morgan fingerprint density at radius 3 is 2.56 bits per heavy atom. The molecule has 3 aromatic rings. The Morgan fingerprint density at radius 1 is 1.17 bits per heavy atom. The van der Waals surface area contributed by atoms with Crippen molar-refractivity contribution in [2.45, 2.75) is 12.5 Å². The number of carbonyl (C=O) groups excluding carboxylic acids is 1. The lowest BCUT2D eigenvalue weighted by Gasteiger charge is -2.31. The van der Waals surface area contributed by atoms with E-state index in [0.717, 1.165) is 5.56 Å². The number of aromatic nitrogens is 2. The van der Waals surface area contributed by atoms with Crippen molar-refractivity contribution in [3.8, 4) is 11.3 Å². The summed E-state index contributed by atoms with van der Waals surface area (Å²) >= 11 is 12.0. The van der Waals surface area contributed by atoms with Crippen LogP contribution in [0.2, 0.25) is 5.02 Å². The van der Waals surface area contributed by atoms with Crippen molar-refractivity contribution in [1.82, 2.24) is 14.5 Å². The molecule has 9 nitrogen and oxygen atoms in total. The van der Waals surface area contributed by atoms with E-state index in [0.29, 0.717) is 54.7 Å². The number of hydrogen-bond donors (Lipinski definition) is 2. The summed E-state index contributed by atoms with van der Waals surface area (Å²) in [5.41, 5.74) is 7.42. The van der Waals surface area contributed by atoms with Gasteiger partial charge in [0.2, 0.25) is 5.91 Å². The predicted molar refractivity (Wildman–Crippen MR) is 140 cm³/mol. The van der Waals surface area contributed by atoms with Crippen LogP contribution in [0, 0.1) is 0 Å². The molecule has 1 amide bonds. The molecule has 11 heteroatoms. The van der Waals surface area contributed by atoms with Crippen LogP contribution < -0.4 is 22.1 Å². The molecule has 2 aromatic carbocycles. The van der Waals surface area contributed by atoms with Gasteiger partial charge in [0.25, 0.3) is 5.56 Å². The van der Waals surface area contributed by atoms with Gasteiger partial charge in [-0.1, -0.05) is 53.5 Å². The van der Waals surface area contributed by atoms with Crippen LogP contribution in [0.4, 0.5) is 5.69 Å². The number of hydrogen-bond acceptors (Lipinski definition) is 7. The van der Waals surface area contributed by atoms with Gasteiger partial charge in [-0.15, -0.1) is 0 Å². The summed E-state index contributed by atoms with van der Waals surface area (Å²) in [6, 6.07) is 15.1. The van der Waals surface area contributed by atoms with Crippen LogP contribution >= 0.6 is 23.2 Å². The maximum Gasteiger partial charge on any atom is 0.254 e. The standard InChI is InChI=1S/C25H26Cl2N6O3/c26-18-6-7-21(33(29)15-23(27)28)19(13-18)20-14-24(34)32(16-30-20)22(12-17-4-2-1-3-5-17)25(35)31-8-10-36-11-9-31/h1-7,13-16,22H,8-12,28-29H2/b23-15-. The Labute approximate surface area is 218 Å². The highest BCUT2D eigenvalue weighted by Gasteiger charge is 2.28. The molecule has 2 heterocycles. The fourth-order valence-corrected chi connectivity index (χ4v) is 4.35. The number of nitrogens with zero attached hydrogens (tertiary/aromatic N) is 4. The molecule has 0 spiro atoms. The summed E-state index contributed by atoms with van der Waals surface area (Å²) in [7, 11) is 0. The van der Waals surface area contributed by atoms with Gasteiger partial charge in [0.1, 0.15) is 11.2 Å². The van der Waals surface area contributed by atoms with Gasteiger partial charge in [0.15, 0.2) is 0 Å². The van der Waals surface area contributed by atoms with Crippen molar-refractivity contribution >= 4 is 34.8 Å². The minimum absolute atomic E-state index is 0.0212. The summed E-state index contributed by atoms with van der Waals surface area (Å²) < 4.78 is 6.76. The minimum atomic E-state index is -0.761. The molecule has 0 aliphatic carbocycles. The molecule has 1 saturated heterocycles. The molecule has 0 bridgehead atoms. The number of hydrazine groups is 1. The van der Waals surface area contributed by atoms with Crippen LogP contribution in [0.25, 0.3) is 11.3 Å². The van der Waals surface area contributed by atoms with Crippen molar-refractivity contribution in [3.63, 3.8) is 0 Å².